The minimum Gasteiger partial charge on any atom is -0.368 e. The molecule has 2 aromatic rings. The zero-order valence-electron chi connectivity index (χ0n) is 10.1. The predicted molar refractivity (Wildman–Crippen MR) is 69.1 cm³/mol. The topological polar surface area (TPSA) is 112 Å². The molecule has 0 saturated heterocycles. The first-order valence-corrected chi connectivity index (χ1v) is 5.65. The summed E-state index contributed by atoms with van der Waals surface area (Å²) in [5, 5.41) is 12.0. The quantitative estimate of drug-likeness (QED) is 0.738. The standard InChI is InChI=1S/C13H12N4O2/c14-4-3-9-6-16-11-2-1-8(5-10(9)11)13(19)17-7-12(15)18/h1-2,5-6,16H,3,7H2,(H2,15,18)(H,17,19). The van der Waals surface area contributed by atoms with Crippen molar-refractivity contribution in [2.75, 3.05) is 6.54 Å². The van der Waals surface area contributed by atoms with Crippen LogP contribution in [0.4, 0.5) is 0 Å². The van der Waals surface area contributed by atoms with E-state index < -0.39 is 5.91 Å². The van der Waals surface area contributed by atoms with Gasteiger partial charge in [-0.05, 0) is 23.8 Å². The van der Waals surface area contributed by atoms with Crippen LogP contribution in [0.2, 0.25) is 0 Å². The maximum Gasteiger partial charge on any atom is 0.251 e. The third kappa shape index (κ3) is 2.72. The molecule has 2 amide bonds. The van der Waals surface area contributed by atoms with E-state index in [1.54, 1.807) is 24.4 Å². The van der Waals surface area contributed by atoms with Gasteiger partial charge in [0.1, 0.15) is 0 Å². The molecule has 0 bridgehead atoms. The molecule has 0 radical (unpaired) electrons. The van der Waals surface area contributed by atoms with E-state index in [1.165, 1.54) is 0 Å². The van der Waals surface area contributed by atoms with Gasteiger partial charge in [-0.3, -0.25) is 9.59 Å². The first-order valence-electron chi connectivity index (χ1n) is 5.65. The van der Waals surface area contributed by atoms with E-state index in [9.17, 15) is 9.59 Å². The van der Waals surface area contributed by atoms with Gasteiger partial charge < -0.3 is 16.0 Å². The summed E-state index contributed by atoms with van der Waals surface area (Å²) in [5.74, 6) is -0.967. The van der Waals surface area contributed by atoms with E-state index in [-0.39, 0.29) is 18.9 Å². The molecule has 6 nitrogen and oxygen atoms in total. The van der Waals surface area contributed by atoms with Crippen LogP contribution in [0.25, 0.3) is 10.9 Å². The molecule has 0 aliphatic carbocycles. The second kappa shape index (κ2) is 5.23. The van der Waals surface area contributed by atoms with Crippen LogP contribution in [0.5, 0.6) is 0 Å². The van der Waals surface area contributed by atoms with Crippen LogP contribution in [0.15, 0.2) is 24.4 Å². The number of nitrogens with two attached hydrogens (primary N) is 1. The number of aromatic nitrogens is 1. The van der Waals surface area contributed by atoms with E-state index in [0.717, 1.165) is 16.5 Å². The number of nitriles is 1. The Morgan fingerprint density at radius 2 is 2.21 bits per heavy atom. The molecule has 0 spiro atoms. The van der Waals surface area contributed by atoms with Crippen molar-refractivity contribution in [2.45, 2.75) is 6.42 Å². The second-order valence-electron chi connectivity index (χ2n) is 4.06. The Balaban J connectivity index is 2.29. The molecule has 1 aromatic carbocycles. The molecule has 0 atom stereocenters. The highest BCUT2D eigenvalue weighted by Gasteiger charge is 2.10. The van der Waals surface area contributed by atoms with E-state index in [2.05, 4.69) is 16.4 Å². The lowest BCUT2D eigenvalue weighted by molar-refractivity contribution is -0.117. The number of rotatable bonds is 4. The number of carbonyl (C=O) groups is 2. The normalized spacial score (nSPS) is 10.1. The van der Waals surface area contributed by atoms with Gasteiger partial charge in [0.25, 0.3) is 5.91 Å². The first kappa shape index (κ1) is 12.6. The van der Waals surface area contributed by atoms with Crippen LogP contribution in [0, 0.1) is 11.3 Å². The number of hydrogen-bond acceptors (Lipinski definition) is 3. The minimum atomic E-state index is -0.596. The number of nitrogens with zero attached hydrogens (tertiary/aromatic N) is 1. The monoisotopic (exact) mass is 256 g/mol. The van der Waals surface area contributed by atoms with E-state index >= 15 is 0 Å². The van der Waals surface area contributed by atoms with Crippen LogP contribution < -0.4 is 11.1 Å². The summed E-state index contributed by atoms with van der Waals surface area (Å²) in [7, 11) is 0. The van der Waals surface area contributed by atoms with Gasteiger partial charge in [0.15, 0.2) is 0 Å². The molecular weight excluding hydrogens is 244 g/mol. The number of primary amides is 1. The van der Waals surface area contributed by atoms with Crippen LogP contribution in [-0.2, 0) is 11.2 Å². The lowest BCUT2D eigenvalue weighted by Crippen LogP contribution is -2.33. The Bertz CT molecular complexity index is 681. The largest absolute Gasteiger partial charge is 0.368 e. The smallest absolute Gasteiger partial charge is 0.251 e. The Morgan fingerprint density at radius 1 is 1.42 bits per heavy atom. The molecule has 1 heterocycles. The second-order valence-corrected chi connectivity index (χ2v) is 4.06. The van der Waals surface area contributed by atoms with Crippen LogP contribution in [0.3, 0.4) is 0 Å². The molecule has 0 aliphatic rings. The van der Waals surface area contributed by atoms with Crippen LogP contribution in [-0.4, -0.2) is 23.3 Å². The van der Waals surface area contributed by atoms with Crippen molar-refractivity contribution in [3.8, 4) is 6.07 Å². The fraction of sp³-hybridized carbons (Fsp3) is 0.154. The maximum absolute atomic E-state index is 11.8. The minimum absolute atomic E-state index is 0.199. The Morgan fingerprint density at radius 3 is 2.89 bits per heavy atom. The summed E-state index contributed by atoms with van der Waals surface area (Å²) in [6.45, 7) is -0.199. The summed E-state index contributed by atoms with van der Waals surface area (Å²) in [6, 6.07) is 7.16. The molecule has 0 unspecified atom stereocenters. The van der Waals surface area contributed by atoms with Gasteiger partial charge in [0.05, 0.1) is 19.0 Å². The molecule has 19 heavy (non-hydrogen) atoms. The third-order valence-electron chi connectivity index (χ3n) is 2.72. The van der Waals surface area contributed by atoms with Crippen molar-refractivity contribution in [3.63, 3.8) is 0 Å². The van der Waals surface area contributed by atoms with Crippen LogP contribution in [0.1, 0.15) is 15.9 Å². The lowest BCUT2D eigenvalue weighted by atomic mass is 10.1. The van der Waals surface area contributed by atoms with Gasteiger partial charge in [-0.1, -0.05) is 0 Å². The van der Waals surface area contributed by atoms with Gasteiger partial charge in [0.2, 0.25) is 5.91 Å². The first-order chi connectivity index (χ1) is 9.11. The van der Waals surface area contributed by atoms with Crippen molar-refractivity contribution in [1.82, 2.24) is 10.3 Å². The number of aromatic amines is 1. The van der Waals surface area contributed by atoms with Crippen molar-refractivity contribution in [1.29, 1.82) is 5.26 Å². The van der Waals surface area contributed by atoms with Gasteiger partial charge in [-0.2, -0.15) is 5.26 Å². The van der Waals surface area contributed by atoms with Gasteiger partial charge >= 0.3 is 0 Å². The molecule has 4 N–H and O–H groups in total. The molecule has 1 aromatic heterocycles. The number of hydrogen-bond donors (Lipinski definition) is 3. The number of carbonyl (C=O) groups excluding carboxylic acids is 2. The fourth-order valence-electron chi connectivity index (χ4n) is 1.82. The van der Waals surface area contributed by atoms with Gasteiger partial charge in [-0.25, -0.2) is 0 Å². The summed E-state index contributed by atoms with van der Waals surface area (Å²) >= 11 is 0. The van der Waals surface area contributed by atoms with Crippen molar-refractivity contribution >= 4 is 22.7 Å². The zero-order valence-corrected chi connectivity index (χ0v) is 10.1. The highest BCUT2D eigenvalue weighted by Crippen LogP contribution is 2.20. The van der Waals surface area contributed by atoms with Crippen molar-refractivity contribution in [2.24, 2.45) is 5.73 Å². The number of nitrogens with one attached hydrogen (secondary N) is 2. The van der Waals surface area contributed by atoms with Gasteiger partial charge in [-0.15, -0.1) is 0 Å². The molecule has 0 aliphatic heterocycles. The molecule has 2 rings (SSSR count). The summed E-state index contributed by atoms with van der Waals surface area (Å²) in [5.41, 5.74) is 7.08. The molecular formula is C13H12N4O2. The molecule has 0 fully saturated rings. The number of fused-ring (bicyclic) bond motifs is 1. The average Bonchev–Trinajstić information content (AvgIpc) is 2.79. The van der Waals surface area contributed by atoms with Crippen LogP contribution >= 0.6 is 0 Å². The van der Waals surface area contributed by atoms with Gasteiger partial charge in [0, 0.05) is 22.7 Å². The molecule has 0 saturated carbocycles. The summed E-state index contributed by atoms with van der Waals surface area (Å²) in [4.78, 5) is 25.4. The number of benzene rings is 1. The highest BCUT2D eigenvalue weighted by molar-refractivity contribution is 6.00. The van der Waals surface area contributed by atoms with E-state index in [0.29, 0.717) is 5.56 Å². The number of H-pyrrole nitrogens is 1. The maximum atomic E-state index is 11.8. The highest BCUT2D eigenvalue weighted by atomic mass is 16.2. The predicted octanol–water partition coefficient (Wildman–Crippen LogP) is 0.449. The molecule has 6 heteroatoms. The Labute approximate surface area is 109 Å². The van der Waals surface area contributed by atoms with E-state index in [1.807, 2.05) is 0 Å². The van der Waals surface area contributed by atoms with E-state index in [4.69, 9.17) is 11.0 Å². The van der Waals surface area contributed by atoms with Crippen molar-refractivity contribution < 1.29 is 9.59 Å². The lowest BCUT2D eigenvalue weighted by Gasteiger charge is -2.03. The Hall–Kier alpha value is -2.81. The average molecular weight is 256 g/mol. The zero-order chi connectivity index (χ0) is 13.8. The number of amides is 2. The third-order valence-corrected chi connectivity index (χ3v) is 2.72. The SMILES string of the molecule is N#CCc1c[nH]c2ccc(C(=O)NCC(N)=O)cc12. The summed E-state index contributed by atoms with van der Waals surface area (Å²) < 4.78 is 0. The fourth-order valence-corrected chi connectivity index (χ4v) is 1.82. The summed E-state index contributed by atoms with van der Waals surface area (Å²) in [6.07, 6.45) is 2.02. The van der Waals surface area contributed by atoms with Crippen molar-refractivity contribution in [3.05, 3.63) is 35.5 Å². The molecule has 96 valence electrons. The Kier molecular flexibility index (Phi) is 3.48.